The number of fused-ring (bicyclic) bond motifs is 1. The molecule has 0 bridgehead atoms. The number of rotatable bonds is 3. The minimum absolute atomic E-state index is 0.0190. The Labute approximate surface area is 146 Å². The Morgan fingerprint density at radius 2 is 1.56 bits per heavy atom. The molecule has 0 aliphatic carbocycles. The van der Waals surface area contributed by atoms with Crippen molar-refractivity contribution in [2.45, 2.75) is 19.3 Å². The molecule has 1 amide bonds. The van der Waals surface area contributed by atoms with E-state index in [0.717, 1.165) is 31.4 Å². The molecule has 2 aromatic heterocycles. The number of benzene rings is 1. The lowest BCUT2D eigenvalue weighted by molar-refractivity contribution is 0.0724. The third-order valence-electron chi connectivity index (χ3n) is 4.79. The van der Waals surface area contributed by atoms with Crippen LogP contribution in [0.5, 0.6) is 0 Å². The van der Waals surface area contributed by atoms with Gasteiger partial charge in [0.15, 0.2) is 0 Å². The van der Waals surface area contributed by atoms with Crippen LogP contribution in [0.2, 0.25) is 0 Å². The van der Waals surface area contributed by atoms with Crippen LogP contribution in [0.3, 0.4) is 0 Å². The molecule has 1 fully saturated rings. The zero-order valence-electron chi connectivity index (χ0n) is 14.0. The van der Waals surface area contributed by atoms with E-state index in [9.17, 15) is 9.59 Å². The summed E-state index contributed by atoms with van der Waals surface area (Å²) in [5, 5.41) is 0. The summed E-state index contributed by atoms with van der Waals surface area (Å²) < 4.78 is 1.85. The van der Waals surface area contributed by atoms with Gasteiger partial charge >= 0.3 is 0 Å². The first-order chi connectivity index (χ1) is 12.2. The predicted molar refractivity (Wildman–Crippen MR) is 97.0 cm³/mol. The number of nitrogens with zero attached hydrogens (tertiary/aromatic N) is 2. The molecule has 0 atom stereocenters. The fourth-order valence-electron chi connectivity index (χ4n) is 3.46. The molecule has 0 N–H and O–H groups in total. The van der Waals surface area contributed by atoms with Gasteiger partial charge in [-0.3, -0.25) is 9.59 Å². The Bertz CT molecular complexity index is 921. The van der Waals surface area contributed by atoms with Gasteiger partial charge in [-0.25, -0.2) is 0 Å². The third-order valence-corrected chi connectivity index (χ3v) is 4.79. The molecule has 1 aromatic carbocycles. The molecule has 4 rings (SSSR count). The minimum atomic E-state index is -0.0740. The predicted octanol–water partition coefficient (Wildman–Crippen LogP) is 3.80. The zero-order chi connectivity index (χ0) is 17.2. The highest BCUT2D eigenvalue weighted by atomic mass is 16.2. The number of piperidine rings is 1. The molecule has 25 heavy (non-hydrogen) atoms. The van der Waals surface area contributed by atoms with Gasteiger partial charge in [0, 0.05) is 35.9 Å². The molecule has 0 saturated carbocycles. The van der Waals surface area contributed by atoms with Crippen LogP contribution in [0.4, 0.5) is 0 Å². The standard InChI is InChI=1S/C21H20N2O2/c24-20(16-8-3-1-4-9-16)19-15-17(14-18-10-7-13-23(18)19)21(25)22-11-5-2-6-12-22/h1,3-4,7-10,13-15H,2,5-6,11-12H2. The first kappa shape index (κ1) is 15.6. The molecule has 4 heteroatoms. The van der Waals surface area contributed by atoms with E-state index in [2.05, 4.69) is 0 Å². The summed E-state index contributed by atoms with van der Waals surface area (Å²) in [7, 11) is 0. The lowest BCUT2D eigenvalue weighted by atomic mass is 10.0. The van der Waals surface area contributed by atoms with E-state index in [1.165, 1.54) is 6.42 Å². The number of carbonyl (C=O) groups excluding carboxylic acids is 2. The van der Waals surface area contributed by atoms with E-state index in [4.69, 9.17) is 0 Å². The number of likely N-dealkylation sites (tertiary alicyclic amines) is 1. The zero-order valence-corrected chi connectivity index (χ0v) is 14.0. The highest BCUT2D eigenvalue weighted by Crippen LogP contribution is 2.20. The average molecular weight is 332 g/mol. The Balaban J connectivity index is 1.77. The van der Waals surface area contributed by atoms with E-state index in [1.54, 1.807) is 18.2 Å². The summed E-state index contributed by atoms with van der Waals surface area (Å²) in [5.41, 5.74) is 2.60. The van der Waals surface area contributed by atoms with Crippen molar-refractivity contribution in [3.05, 3.63) is 77.6 Å². The Morgan fingerprint density at radius 3 is 2.32 bits per heavy atom. The summed E-state index contributed by atoms with van der Waals surface area (Å²) in [6.07, 6.45) is 5.14. The molecule has 1 saturated heterocycles. The molecular formula is C21H20N2O2. The average Bonchev–Trinajstić information content (AvgIpc) is 3.16. The first-order valence-corrected chi connectivity index (χ1v) is 8.74. The first-order valence-electron chi connectivity index (χ1n) is 8.74. The van der Waals surface area contributed by atoms with Crippen molar-refractivity contribution in [3.63, 3.8) is 0 Å². The number of aromatic nitrogens is 1. The maximum absolute atomic E-state index is 13.0. The van der Waals surface area contributed by atoms with E-state index >= 15 is 0 Å². The molecule has 1 aliphatic rings. The highest BCUT2D eigenvalue weighted by molar-refractivity contribution is 6.09. The number of ketones is 1. The molecule has 0 radical (unpaired) electrons. The van der Waals surface area contributed by atoms with Crippen LogP contribution in [0.25, 0.3) is 5.52 Å². The van der Waals surface area contributed by atoms with Crippen LogP contribution < -0.4 is 0 Å². The van der Waals surface area contributed by atoms with Gasteiger partial charge in [-0.15, -0.1) is 0 Å². The second-order valence-corrected chi connectivity index (χ2v) is 6.48. The number of carbonyl (C=O) groups is 2. The fraction of sp³-hybridized carbons (Fsp3) is 0.238. The molecule has 4 nitrogen and oxygen atoms in total. The van der Waals surface area contributed by atoms with Gasteiger partial charge in [-0.1, -0.05) is 30.3 Å². The quantitative estimate of drug-likeness (QED) is 0.685. The number of hydrogen-bond acceptors (Lipinski definition) is 2. The normalized spacial score (nSPS) is 14.6. The van der Waals surface area contributed by atoms with Crippen molar-refractivity contribution >= 4 is 17.2 Å². The van der Waals surface area contributed by atoms with Crippen molar-refractivity contribution in [1.82, 2.24) is 9.30 Å². The largest absolute Gasteiger partial charge is 0.339 e. The summed E-state index contributed by atoms with van der Waals surface area (Å²) in [4.78, 5) is 27.7. The number of hydrogen-bond donors (Lipinski definition) is 0. The van der Waals surface area contributed by atoms with E-state index < -0.39 is 0 Å². The van der Waals surface area contributed by atoms with Crippen molar-refractivity contribution in [3.8, 4) is 0 Å². The second-order valence-electron chi connectivity index (χ2n) is 6.48. The van der Waals surface area contributed by atoms with Gasteiger partial charge in [0.1, 0.15) is 0 Å². The number of pyridine rings is 1. The summed E-state index contributed by atoms with van der Waals surface area (Å²) in [6, 6.07) is 16.6. The van der Waals surface area contributed by atoms with Gasteiger partial charge in [0.25, 0.3) is 5.91 Å². The minimum Gasteiger partial charge on any atom is -0.339 e. The second kappa shape index (κ2) is 6.55. The maximum atomic E-state index is 13.0. The van der Waals surface area contributed by atoms with Gasteiger partial charge in [-0.2, -0.15) is 0 Å². The summed E-state index contributed by atoms with van der Waals surface area (Å²) in [5.74, 6) is -0.0550. The molecular weight excluding hydrogens is 312 g/mol. The van der Waals surface area contributed by atoms with Crippen LogP contribution in [-0.2, 0) is 0 Å². The van der Waals surface area contributed by atoms with Crippen LogP contribution in [0.15, 0.2) is 60.8 Å². The Hall–Kier alpha value is -2.88. The summed E-state index contributed by atoms with van der Waals surface area (Å²) in [6.45, 7) is 1.60. The lowest BCUT2D eigenvalue weighted by Gasteiger charge is -2.27. The van der Waals surface area contributed by atoms with E-state index in [0.29, 0.717) is 16.8 Å². The summed E-state index contributed by atoms with van der Waals surface area (Å²) >= 11 is 0. The fourth-order valence-corrected chi connectivity index (χ4v) is 3.46. The van der Waals surface area contributed by atoms with Gasteiger partial charge in [0.2, 0.25) is 5.78 Å². The Kier molecular flexibility index (Phi) is 4.10. The molecule has 1 aliphatic heterocycles. The molecule has 0 unspecified atom stereocenters. The highest BCUT2D eigenvalue weighted by Gasteiger charge is 2.21. The number of amides is 1. The SMILES string of the molecule is O=C(c1ccccc1)c1cc(C(=O)N2CCCCC2)cc2cccn12. The maximum Gasteiger partial charge on any atom is 0.254 e. The smallest absolute Gasteiger partial charge is 0.254 e. The van der Waals surface area contributed by atoms with Crippen LogP contribution >= 0.6 is 0 Å². The molecule has 3 heterocycles. The van der Waals surface area contributed by atoms with Crippen LogP contribution in [0, 0.1) is 0 Å². The van der Waals surface area contributed by atoms with Crippen LogP contribution in [-0.4, -0.2) is 34.1 Å². The van der Waals surface area contributed by atoms with E-state index in [-0.39, 0.29) is 11.7 Å². The van der Waals surface area contributed by atoms with Crippen molar-refractivity contribution in [1.29, 1.82) is 0 Å². The molecule has 0 spiro atoms. The van der Waals surface area contributed by atoms with Gasteiger partial charge < -0.3 is 9.30 Å². The molecule has 3 aromatic rings. The third kappa shape index (κ3) is 2.95. The lowest BCUT2D eigenvalue weighted by Crippen LogP contribution is -2.35. The van der Waals surface area contributed by atoms with Gasteiger partial charge in [0.05, 0.1) is 5.69 Å². The molecule has 126 valence electrons. The topological polar surface area (TPSA) is 41.8 Å². The van der Waals surface area contributed by atoms with Crippen molar-refractivity contribution in [2.75, 3.05) is 13.1 Å². The van der Waals surface area contributed by atoms with Crippen LogP contribution in [0.1, 0.15) is 45.7 Å². The van der Waals surface area contributed by atoms with Crippen molar-refractivity contribution in [2.24, 2.45) is 0 Å². The van der Waals surface area contributed by atoms with E-state index in [1.807, 2.05) is 51.9 Å². The Morgan fingerprint density at radius 1 is 0.800 bits per heavy atom. The van der Waals surface area contributed by atoms with Gasteiger partial charge in [-0.05, 0) is 43.5 Å². The van der Waals surface area contributed by atoms with Crippen molar-refractivity contribution < 1.29 is 9.59 Å². The monoisotopic (exact) mass is 332 g/mol.